The van der Waals surface area contributed by atoms with E-state index in [0.29, 0.717) is 25.7 Å². The number of carbonyl (C=O) groups is 2. The maximum atomic E-state index is 12.4. The zero-order chi connectivity index (χ0) is 20.5. The van der Waals surface area contributed by atoms with Gasteiger partial charge in [-0.15, -0.1) is 0 Å². The van der Waals surface area contributed by atoms with Gasteiger partial charge in [0.05, 0.1) is 19.6 Å². The Hall–Kier alpha value is -2.08. The van der Waals surface area contributed by atoms with Gasteiger partial charge >= 0.3 is 5.97 Å². The smallest absolute Gasteiger partial charge is 0.306 e. The van der Waals surface area contributed by atoms with Crippen molar-refractivity contribution >= 4 is 11.9 Å². The number of ether oxygens (including phenoxy) is 2. The van der Waals surface area contributed by atoms with Crippen LogP contribution in [0.5, 0.6) is 5.75 Å². The molecule has 6 nitrogen and oxygen atoms in total. The van der Waals surface area contributed by atoms with E-state index in [4.69, 9.17) is 15.2 Å². The van der Waals surface area contributed by atoms with E-state index in [1.165, 1.54) is 11.1 Å². The van der Waals surface area contributed by atoms with Crippen LogP contribution in [0.3, 0.4) is 0 Å². The monoisotopic (exact) mass is 390 g/mol. The lowest BCUT2D eigenvalue weighted by atomic mass is 9.95. The van der Waals surface area contributed by atoms with Gasteiger partial charge in [-0.2, -0.15) is 0 Å². The molecular formula is C22H34N2O4. The summed E-state index contributed by atoms with van der Waals surface area (Å²) in [5.74, 6) is 1.03. The summed E-state index contributed by atoms with van der Waals surface area (Å²) in [6.07, 6.45) is 3.40. The third-order valence-electron chi connectivity index (χ3n) is 5.48. The molecule has 1 aromatic rings. The number of benzene rings is 1. The molecule has 0 aromatic heterocycles. The second-order valence-corrected chi connectivity index (χ2v) is 7.52. The van der Waals surface area contributed by atoms with Crippen molar-refractivity contribution in [3.05, 3.63) is 28.8 Å². The number of hydrogen-bond acceptors (Lipinski definition) is 5. The summed E-state index contributed by atoms with van der Waals surface area (Å²) in [5.41, 5.74) is 9.34. The van der Waals surface area contributed by atoms with E-state index in [2.05, 4.69) is 19.9 Å². The van der Waals surface area contributed by atoms with Gasteiger partial charge in [0.25, 0.3) is 0 Å². The number of nitrogens with zero attached hydrogens (tertiary/aromatic N) is 1. The van der Waals surface area contributed by atoms with Crippen molar-refractivity contribution in [1.29, 1.82) is 0 Å². The summed E-state index contributed by atoms with van der Waals surface area (Å²) in [4.78, 5) is 25.7. The third-order valence-corrected chi connectivity index (χ3v) is 5.48. The van der Waals surface area contributed by atoms with Gasteiger partial charge in [-0.25, -0.2) is 0 Å². The van der Waals surface area contributed by atoms with Crippen molar-refractivity contribution < 1.29 is 19.1 Å². The highest BCUT2D eigenvalue weighted by atomic mass is 16.5. The van der Waals surface area contributed by atoms with Crippen LogP contribution >= 0.6 is 0 Å². The highest BCUT2D eigenvalue weighted by molar-refractivity contribution is 5.81. The Kier molecular flexibility index (Phi) is 8.77. The SMILES string of the molecule is CCOC(=O)CCC(=O)N1CCCC(CCOc2cc(C)c(C)c(CN)c2)C1. The number of piperidine rings is 1. The third kappa shape index (κ3) is 6.51. The van der Waals surface area contributed by atoms with Crippen molar-refractivity contribution in [2.45, 2.75) is 59.4 Å². The lowest BCUT2D eigenvalue weighted by molar-refractivity contribution is -0.146. The van der Waals surface area contributed by atoms with Gasteiger partial charge in [0.2, 0.25) is 5.91 Å². The molecule has 1 atom stereocenters. The molecule has 1 aromatic carbocycles. The minimum atomic E-state index is -0.303. The molecule has 0 aliphatic carbocycles. The second-order valence-electron chi connectivity index (χ2n) is 7.52. The molecule has 2 N–H and O–H groups in total. The van der Waals surface area contributed by atoms with Crippen molar-refractivity contribution in [1.82, 2.24) is 4.90 Å². The van der Waals surface area contributed by atoms with E-state index in [-0.39, 0.29) is 24.7 Å². The number of amides is 1. The molecule has 6 heteroatoms. The van der Waals surface area contributed by atoms with Crippen LogP contribution in [-0.4, -0.2) is 43.1 Å². The molecule has 156 valence electrons. The standard InChI is InChI=1S/C22H34N2O4/c1-4-27-22(26)8-7-21(25)24-10-5-6-18(15-24)9-11-28-20-12-16(2)17(3)19(13-20)14-23/h12-13,18H,4-11,14-15,23H2,1-3H3. The zero-order valence-corrected chi connectivity index (χ0v) is 17.5. The molecule has 0 spiro atoms. The minimum Gasteiger partial charge on any atom is -0.494 e. The van der Waals surface area contributed by atoms with E-state index >= 15 is 0 Å². The first kappa shape index (κ1) is 22.2. The average Bonchev–Trinajstić information content (AvgIpc) is 2.69. The molecule has 1 heterocycles. The normalized spacial score (nSPS) is 16.7. The molecule has 0 radical (unpaired) electrons. The molecule has 1 amide bonds. The number of likely N-dealkylation sites (tertiary alicyclic amines) is 1. The minimum absolute atomic E-state index is 0.0421. The molecular weight excluding hydrogens is 356 g/mol. The Balaban J connectivity index is 1.78. The maximum absolute atomic E-state index is 12.4. The summed E-state index contributed by atoms with van der Waals surface area (Å²) < 4.78 is 10.9. The lowest BCUT2D eigenvalue weighted by Gasteiger charge is -2.33. The summed E-state index contributed by atoms with van der Waals surface area (Å²) in [7, 11) is 0. The van der Waals surface area contributed by atoms with Crippen molar-refractivity contribution in [3.8, 4) is 5.75 Å². The summed E-state index contributed by atoms with van der Waals surface area (Å²) >= 11 is 0. The van der Waals surface area contributed by atoms with Crippen LogP contribution in [0.25, 0.3) is 0 Å². The first-order valence-corrected chi connectivity index (χ1v) is 10.3. The molecule has 1 saturated heterocycles. The van der Waals surface area contributed by atoms with Gasteiger partial charge in [0.15, 0.2) is 0 Å². The Morgan fingerprint density at radius 2 is 2.04 bits per heavy atom. The van der Waals surface area contributed by atoms with Gasteiger partial charge in [-0.05, 0) is 74.8 Å². The molecule has 0 saturated carbocycles. The van der Waals surface area contributed by atoms with Crippen LogP contribution in [-0.2, 0) is 20.9 Å². The van der Waals surface area contributed by atoms with Gasteiger partial charge in [0.1, 0.15) is 5.75 Å². The highest BCUT2D eigenvalue weighted by Crippen LogP contribution is 2.24. The Morgan fingerprint density at radius 3 is 2.75 bits per heavy atom. The van der Waals surface area contributed by atoms with Gasteiger partial charge < -0.3 is 20.1 Å². The van der Waals surface area contributed by atoms with E-state index in [1.807, 2.05) is 11.0 Å². The van der Waals surface area contributed by atoms with Crippen LogP contribution in [0.2, 0.25) is 0 Å². The topological polar surface area (TPSA) is 81.9 Å². The van der Waals surface area contributed by atoms with Crippen molar-refractivity contribution in [3.63, 3.8) is 0 Å². The predicted octanol–water partition coefficient (Wildman–Crippen LogP) is 3.11. The fourth-order valence-electron chi connectivity index (χ4n) is 3.66. The quantitative estimate of drug-likeness (QED) is 0.655. The van der Waals surface area contributed by atoms with E-state index in [0.717, 1.165) is 43.7 Å². The lowest BCUT2D eigenvalue weighted by Crippen LogP contribution is -2.40. The van der Waals surface area contributed by atoms with Crippen LogP contribution < -0.4 is 10.5 Å². The first-order valence-electron chi connectivity index (χ1n) is 10.3. The molecule has 2 rings (SSSR count). The summed E-state index contributed by atoms with van der Waals surface area (Å²) in [6.45, 7) is 8.93. The summed E-state index contributed by atoms with van der Waals surface area (Å²) in [5, 5.41) is 0. The maximum Gasteiger partial charge on any atom is 0.306 e. The molecule has 0 bridgehead atoms. The van der Waals surface area contributed by atoms with E-state index < -0.39 is 0 Å². The number of rotatable bonds is 9. The van der Waals surface area contributed by atoms with Crippen LogP contribution in [0.1, 0.15) is 55.7 Å². The van der Waals surface area contributed by atoms with E-state index in [9.17, 15) is 9.59 Å². The number of carbonyl (C=O) groups excluding carboxylic acids is 2. The van der Waals surface area contributed by atoms with Crippen molar-refractivity contribution in [2.24, 2.45) is 11.7 Å². The molecule has 1 aliphatic heterocycles. The van der Waals surface area contributed by atoms with Gasteiger partial charge in [0, 0.05) is 26.1 Å². The molecule has 1 unspecified atom stereocenters. The zero-order valence-electron chi connectivity index (χ0n) is 17.5. The van der Waals surface area contributed by atoms with Crippen LogP contribution in [0.4, 0.5) is 0 Å². The second kappa shape index (κ2) is 11.1. The predicted molar refractivity (Wildman–Crippen MR) is 109 cm³/mol. The highest BCUT2D eigenvalue weighted by Gasteiger charge is 2.24. The fourth-order valence-corrected chi connectivity index (χ4v) is 3.66. The Bertz CT molecular complexity index is 675. The van der Waals surface area contributed by atoms with Crippen LogP contribution in [0.15, 0.2) is 12.1 Å². The largest absolute Gasteiger partial charge is 0.494 e. The number of hydrogen-bond donors (Lipinski definition) is 1. The molecule has 1 fully saturated rings. The van der Waals surface area contributed by atoms with Crippen LogP contribution in [0, 0.1) is 19.8 Å². The van der Waals surface area contributed by atoms with E-state index in [1.54, 1.807) is 6.92 Å². The molecule has 1 aliphatic rings. The number of esters is 1. The van der Waals surface area contributed by atoms with Crippen molar-refractivity contribution in [2.75, 3.05) is 26.3 Å². The molecule has 28 heavy (non-hydrogen) atoms. The Labute approximate surface area is 168 Å². The number of nitrogens with two attached hydrogens (primary N) is 1. The fraction of sp³-hybridized carbons (Fsp3) is 0.636. The number of aryl methyl sites for hydroxylation is 1. The van der Waals surface area contributed by atoms with Gasteiger partial charge in [-0.3, -0.25) is 9.59 Å². The average molecular weight is 391 g/mol. The van der Waals surface area contributed by atoms with Gasteiger partial charge in [-0.1, -0.05) is 0 Å². The summed E-state index contributed by atoms with van der Waals surface area (Å²) in [6, 6.07) is 4.08. The Morgan fingerprint density at radius 1 is 1.25 bits per heavy atom. The first-order chi connectivity index (χ1) is 13.4.